The van der Waals surface area contributed by atoms with Gasteiger partial charge in [0.1, 0.15) is 5.75 Å². The lowest BCUT2D eigenvalue weighted by Gasteiger charge is -2.12. The van der Waals surface area contributed by atoms with Gasteiger partial charge in [-0.1, -0.05) is 55.5 Å². The quantitative estimate of drug-likeness (QED) is 0.576. The lowest BCUT2D eigenvalue weighted by molar-refractivity contribution is -0.115. The van der Waals surface area contributed by atoms with E-state index < -0.39 is 0 Å². The van der Waals surface area contributed by atoms with Crippen molar-refractivity contribution in [1.29, 1.82) is 0 Å². The first-order valence-electron chi connectivity index (χ1n) is 9.62. The largest absolute Gasteiger partial charge is 0.492 e. The minimum Gasteiger partial charge on any atom is -0.492 e. The first-order valence-corrected chi connectivity index (χ1v) is 9.62. The number of ether oxygens (including phenoxy) is 1. The van der Waals surface area contributed by atoms with Crippen LogP contribution in [0.25, 0.3) is 0 Å². The van der Waals surface area contributed by atoms with Gasteiger partial charge in [0.15, 0.2) is 0 Å². The molecule has 0 aromatic heterocycles. The lowest BCUT2D eigenvalue weighted by Crippen LogP contribution is -2.15. The zero-order valence-corrected chi connectivity index (χ0v) is 16.4. The molecular formula is C24H24N2O3. The van der Waals surface area contributed by atoms with Gasteiger partial charge in [-0.15, -0.1) is 0 Å². The first-order chi connectivity index (χ1) is 14.2. The predicted molar refractivity (Wildman–Crippen MR) is 115 cm³/mol. The minimum atomic E-state index is -0.265. The Morgan fingerprint density at radius 1 is 0.828 bits per heavy atom. The number of para-hydroxylation sites is 1. The standard InChI is InChI=1S/C24H24N2O3/c1-2-23(27)25-19-11-8-12-20(17-19)26-24(28)21-13-6-7-14-22(21)29-16-15-18-9-4-3-5-10-18/h3-14,17H,2,15-16H2,1H3,(H,25,27)(H,26,28). The molecule has 2 N–H and O–H groups in total. The van der Waals surface area contributed by atoms with Gasteiger partial charge in [-0.2, -0.15) is 0 Å². The summed E-state index contributed by atoms with van der Waals surface area (Å²) in [5.41, 5.74) is 2.88. The third kappa shape index (κ3) is 5.94. The number of hydrogen-bond donors (Lipinski definition) is 2. The normalized spacial score (nSPS) is 10.2. The van der Waals surface area contributed by atoms with Gasteiger partial charge in [-0.3, -0.25) is 9.59 Å². The van der Waals surface area contributed by atoms with E-state index in [0.717, 1.165) is 6.42 Å². The number of nitrogens with one attached hydrogen (secondary N) is 2. The van der Waals surface area contributed by atoms with Crippen LogP contribution in [0.4, 0.5) is 11.4 Å². The molecule has 0 unspecified atom stereocenters. The molecule has 29 heavy (non-hydrogen) atoms. The SMILES string of the molecule is CCC(=O)Nc1cccc(NC(=O)c2ccccc2OCCc2ccccc2)c1. The van der Waals surface area contributed by atoms with E-state index in [0.29, 0.717) is 35.7 Å². The van der Waals surface area contributed by atoms with Crippen LogP contribution in [0.3, 0.4) is 0 Å². The maximum absolute atomic E-state index is 12.8. The minimum absolute atomic E-state index is 0.0781. The molecule has 0 saturated heterocycles. The summed E-state index contributed by atoms with van der Waals surface area (Å²) in [6.45, 7) is 2.27. The molecule has 0 spiro atoms. The predicted octanol–water partition coefficient (Wildman–Crippen LogP) is 4.91. The van der Waals surface area contributed by atoms with E-state index in [2.05, 4.69) is 10.6 Å². The molecule has 0 bridgehead atoms. The van der Waals surface area contributed by atoms with Crippen LogP contribution in [-0.2, 0) is 11.2 Å². The van der Waals surface area contributed by atoms with E-state index in [9.17, 15) is 9.59 Å². The van der Waals surface area contributed by atoms with Crippen LogP contribution in [0.5, 0.6) is 5.75 Å². The molecule has 0 saturated carbocycles. The summed E-state index contributed by atoms with van der Waals surface area (Å²) in [6, 6.07) is 24.3. The molecule has 5 heteroatoms. The molecule has 5 nitrogen and oxygen atoms in total. The maximum atomic E-state index is 12.8. The number of carbonyl (C=O) groups is 2. The van der Waals surface area contributed by atoms with Crippen LogP contribution in [0, 0.1) is 0 Å². The molecule has 2 amide bonds. The van der Waals surface area contributed by atoms with Gasteiger partial charge in [-0.25, -0.2) is 0 Å². The van der Waals surface area contributed by atoms with Crippen LogP contribution in [0.15, 0.2) is 78.9 Å². The highest BCUT2D eigenvalue weighted by atomic mass is 16.5. The third-order valence-electron chi connectivity index (χ3n) is 4.35. The Morgan fingerprint density at radius 3 is 2.28 bits per heavy atom. The van der Waals surface area contributed by atoms with Crippen molar-refractivity contribution in [3.8, 4) is 5.75 Å². The Bertz CT molecular complexity index is 971. The van der Waals surface area contributed by atoms with Crippen molar-refractivity contribution < 1.29 is 14.3 Å². The van der Waals surface area contributed by atoms with E-state index >= 15 is 0 Å². The Kier molecular flexibility index (Phi) is 7.00. The fraction of sp³-hybridized carbons (Fsp3) is 0.167. The maximum Gasteiger partial charge on any atom is 0.259 e. The molecule has 0 aliphatic rings. The van der Waals surface area contributed by atoms with Gasteiger partial charge in [0.2, 0.25) is 5.91 Å². The second kappa shape index (κ2) is 10.1. The first kappa shape index (κ1) is 20.1. The fourth-order valence-corrected chi connectivity index (χ4v) is 2.83. The van der Waals surface area contributed by atoms with Gasteiger partial charge >= 0.3 is 0 Å². The molecule has 0 atom stereocenters. The number of hydrogen-bond acceptors (Lipinski definition) is 3. The summed E-state index contributed by atoms with van der Waals surface area (Å²) < 4.78 is 5.87. The highest BCUT2D eigenvalue weighted by molar-refractivity contribution is 6.06. The van der Waals surface area contributed by atoms with Gasteiger partial charge in [0, 0.05) is 24.2 Å². The summed E-state index contributed by atoms with van der Waals surface area (Å²) in [6.07, 6.45) is 1.15. The molecule has 3 rings (SSSR count). The van der Waals surface area contributed by atoms with E-state index in [-0.39, 0.29) is 11.8 Å². The Labute approximate surface area is 170 Å². The zero-order chi connectivity index (χ0) is 20.5. The summed E-state index contributed by atoms with van der Waals surface area (Å²) in [5.74, 6) is 0.196. The third-order valence-corrected chi connectivity index (χ3v) is 4.35. The van der Waals surface area contributed by atoms with Crippen molar-refractivity contribution in [3.05, 3.63) is 90.0 Å². The van der Waals surface area contributed by atoms with Crippen molar-refractivity contribution in [1.82, 2.24) is 0 Å². The number of rotatable bonds is 8. The van der Waals surface area contributed by atoms with E-state index in [4.69, 9.17) is 4.74 Å². The molecule has 0 aliphatic carbocycles. The Hall–Kier alpha value is -3.60. The van der Waals surface area contributed by atoms with Gasteiger partial charge in [0.05, 0.1) is 12.2 Å². The second-order valence-electron chi connectivity index (χ2n) is 6.52. The van der Waals surface area contributed by atoms with Crippen molar-refractivity contribution in [2.45, 2.75) is 19.8 Å². The zero-order valence-electron chi connectivity index (χ0n) is 16.4. The summed E-state index contributed by atoms with van der Waals surface area (Å²) in [7, 11) is 0. The van der Waals surface area contributed by atoms with Gasteiger partial charge in [-0.05, 0) is 35.9 Å². The fourth-order valence-electron chi connectivity index (χ4n) is 2.83. The molecule has 148 valence electrons. The van der Waals surface area contributed by atoms with E-state index in [1.807, 2.05) is 36.4 Å². The van der Waals surface area contributed by atoms with Crippen LogP contribution in [0.1, 0.15) is 29.3 Å². The second-order valence-corrected chi connectivity index (χ2v) is 6.52. The van der Waals surface area contributed by atoms with Crippen molar-refractivity contribution in [3.63, 3.8) is 0 Å². The Balaban J connectivity index is 1.65. The monoisotopic (exact) mass is 388 g/mol. The highest BCUT2D eigenvalue weighted by Gasteiger charge is 2.13. The Morgan fingerprint density at radius 2 is 1.52 bits per heavy atom. The molecule has 3 aromatic carbocycles. The number of amides is 2. The smallest absolute Gasteiger partial charge is 0.259 e. The number of anilines is 2. The van der Waals surface area contributed by atoms with Crippen LogP contribution >= 0.6 is 0 Å². The summed E-state index contributed by atoms with van der Waals surface area (Å²) in [4.78, 5) is 24.3. The highest BCUT2D eigenvalue weighted by Crippen LogP contribution is 2.21. The number of carbonyl (C=O) groups excluding carboxylic acids is 2. The molecule has 0 fully saturated rings. The topological polar surface area (TPSA) is 67.4 Å². The van der Waals surface area contributed by atoms with Crippen LogP contribution in [-0.4, -0.2) is 18.4 Å². The average molecular weight is 388 g/mol. The van der Waals surface area contributed by atoms with Gasteiger partial charge < -0.3 is 15.4 Å². The average Bonchev–Trinajstić information content (AvgIpc) is 2.75. The van der Waals surface area contributed by atoms with Crippen LogP contribution in [0.2, 0.25) is 0 Å². The lowest BCUT2D eigenvalue weighted by atomic mass is 10.1. The van der Waals surface area contributed by atoms with Gasteiger partial charge in [0.25, 0.3) is 5.91 Å². The molecular weight excluding hydrogens is 364 g/mol. The molecule has 0 aliphatic heterocycles. The van der Waals surface area contributed by atoms with E-state index in [1.165, 1.54) is 5.56 Å². The summed E-state index contributed by atoms with van der Waals surface area (Å²) in [5, 5.41) is 5.65. The molecule has 0 radical (unpaired) electrons. The van der Waals surface area contributed by atoms with Crippen LogP contribution < -0.4 is 15.4 Å². The van der Waals surface area contributed by atoms with Crippen molar-refractivity contribution in [2.24, 2.45) is 0 Å². The van der Waals surface area contributed by atoms with E-state index in [1.54, 1.807) is 49.4 Å². The van der Waals surface area contributed by atoms with Crippen molar-refractivity contribution in [2.75, 3.05) is 17.2 Å². The molecule has 3 aromatic rings. The summed E-state index contributed by atoms with van der Waals surface area (Å²) >= 11 is 0. The number of benzene rings is 3. The van der Waals surface area contributed by atoms with Crippen molar-refractivity contribution >= 4 is 23.2 Å². The molecule has 0 heterocycles.